The van der Waals surface area contributed by atoms with Gasteiger partial charge < -0.3 is 19.0 Å². The molecule has 0 atom stereocenters. The van der Waals surface area contributed by atoms with Gasteiger partial charge in [-0.25, -0.2) is 9.78 Å². The Hall–Kier alpha value is -3.16. The van der Waals surface area contributed by atoms with E-state index in [0.717, 1.165) is 11.0 Å². The molecule has 0 aliphatic carbocycles. The fourth-order valence-electron chi connectivity index (χ4n) is 2.53. The maximum Gasteiger partial charge on any atom is 0.339 e. The van der Waals surface area contributed by atoms with Crippen molar-refractivity contribution >= 4 is 46.2 Å². The van der Waals surface area contributed by atoms with Gasteiger partial charge in [-0.2, -0.15) is 0 Å². The van der Waals surface area contributed by atoms with Crippen molar-refractivity contribution < 1.29 is 19.1 Å². The van der Waals surface area contributed by atoms with E-state index in [-0.39, 0.29) is 17.2 Å². The predicted molar refractivity (Wildman–Crippen MR) is 108 cm³/mol. The number of carbonyl (C=O) groups is 1. The van der Waals surface area contributed by atoms with Gasteiger partial charge in [-0.15, -0.1) is 0 Å². The van der Waals surface area contributed by atoms with Gasteiger partial charge in [0.15, 0.2) is 5.09 Å². The highest BCUT2D eigenvalue weighted by molar-refractivity contribution is 8.00. The minimum absolute atomic E-state index is 0.0372. The summed E-state index contributed by atoms with van der Waals surface area (Å²) in [5.74, 6) is -0.709. The molecular formula is C20H13ClN2O4S. The van der Waals surface area contributed by atoms with Crippen LogP contribution in [0.5, 0.6) is 11.6 Å². The molecule has 0 aliphatic rings. The number of pyridine rings is 1. The lowest BCUT2D eigenvalue weighted by molar-refractivity contribution is 0.0694. The second kappa shape index (κ2) is 7.84. The fraction of sp³-hybridized carbons (Fsp3) is 0. The van der Waals surface area contributed by atoms with Gasteiger partial charge in [0.2, 0.25) is 5.88 Å². The van der Waals surface area contributed by atoms with Crippen molar-refractivity contribution in [3.8, 4) is 11.6 Å². The van der Waals surface area contributed by atoms with Gasteiger partial charge >= 0.3 is 5.97 Å². The normalized spacial score (nSPS) is 10.8. The number of fused-ring (bicyclic) bond motifs is 1. The molecule has 2 aromatic heterocycles. The van der Waals surface area contributed by atoms with Gasteiger partial charge in [-0.3, -0.25) is 0 Å². The second-order valence-corrected chi connectivity index (χ2v) is 6.96. The van der Waals surface area contributed by atoms with E-state index in [9.17, 15) is 9.90 Å². The summed E-state index contributed by atoms with van der Waals surface area (Å²) in [6.45, 7) is 0. The second-order valence-electron chi connectivity index (χ2n) is 5.72. The quantitative estimate of drug-likeness (QED) is 0.370. The third-order valence-electron chi connectivity index (χ3n) is 3.81. The summed E-state index contributed by atoms with van der Waals surface area (Å²) in [6.07, 6.45) is 1.43. The first-order valence-corrected chi connectivity index (χ1v) is 9.37. The molecule has 0 bridgehead atoms. The van der Waals surface area contributed by atoms with E-state index in [1.807, 2.05) is 30.3 Å². The van der Waals surface area contributed by atoms with Crippen LogP contribution >= 0.6 is 23.5 Å². The number of carboxylic acid groups (broad SMARTS) is 1. The Bertz CT molecular complexity index is 1130. The first-order valence-electron chi connectivity index (χ1n) is 8.17. The summed E-state index contributed by atoms with van der Waals surface area (Å²) in [6, 6.07) is 17.6. The largest absolute Gasteiger partial charge is 0.478 e. The number of anilines is 1. The SMILES string of the molecule is O=C(O)c1ccccc1Oc1ncc(Cl)cc1NSc1cc2ccccc2o1. The lowest BCUT2D eigenvalue weighted by Gasteiger charge is -2.12. The number of aromatic carboxylic acids is 1. The van der Waals surface area contributed by atoms with Crippen LogP contribution < -0.4 is 9.46 Å². The summed E-state index contributed by atoms with van der Waals surface area (Å²) in [5, 5.41) is 11.4. The number of carboxylic acids is 1. The van der Waals surface area contributed by atoms with Crippen LogP contribution in [-0.2, 0) is 0 Å². The molecule has 28 heavy (non-hydrogen) atoms. The van der Waals surface area contributed by atoms with Gasteiger partial charge in [-0.1, -0.05) is 41.9 Å². The van der Waals surface area contributed by atoms with Crippen LogP contribution in [0.2, 0.25) is 5.02 Å². The Labute approximate surface area is 169 Å². The van der Waals surface area contributed by atoms with Crippen molar-refractivity contribution in [1.82, 2.24) is 4.98 Å². The highest BCUT2D eigenvalue weighted by Crippen LogP contribution is 2.35. The number of nitrogens with one attached hydrogen (secondary N) is 1. The number of rotatable bonds is 6. The number of para-hydroxylation sites is 2. The molecule has 4 rings (SSSR count). The lowest BCUT2D eigenvalue weighted by atomic mass is 10.2. The average Bonchev–Trinajstić information content (AvgIpc) is 3.11. The maximum absolute atomic E-state index is 11.4. The van der Waals surface area contributed by atoms with Crippen LogP contribution in [0.15, 0.2) is 76.4 Å². The smallest absolute Gasteiger partial charge is 0.339 e. The molecule has 0 fully saturated rings. The average molecular weight is 413 g/mol. The van der Waals surface area contributed by atoms with Crippen LogP contribution in [0.4, 0.5) is 5.69 Å². The van der Waals surface area contributed by atoms with E-state index in [1.54, 1.807) is 24.3 Å². The van der Waals surface area contributed by atoms with Gasteiger partial charge in [0, 0.05) is 29.6 Å². The Kier molecular flexibility index (Phi) is 5.10. The number of hydrogen-bond donors (Lipinski definition) is 2. The van der Waals surface area contributed by atoms with Crippen molar-refractivity contribution in [2.45, 2.75) is 5.09 Å². The molecule has 0 unspecified atom stereocenters. The summed E-state index contributed by atoms with van der Waals surface area (Å²) in [7, 11) is 0. The maximum atomic E-state index is 11.4. The topological polar surface area (TPSA) is 84.6 Å². The highest BCUT2D eigenvalue weighted by Gasteiger charge is 2.15. The van der Waals surface area contributed by atoms with Crippen LogP contribution in [0.1, 0.15) is 10.4 Å². The van der Waals surface area contributed by atoms with Gasteiger partial charge in [0.05, 0.1) is 5.02 Å². The third-order valence-corrected chi connectivity index (χ3v) is 4.74. The van der Waals surface area contributed by atoms with E-state index >= 15 is 0 Å². The third kappa shape index (κ3) is 3.90. The first-order chi connectivity index (χ1) is 13.6. The van der Waals surface area contributed by atoms with Crippen molar-refractivity contribution in [1.29, 1.82) is 0 Å². The number of hydrogen-bond acceptors (Lipinski definition) is 6. The summed E-state index contributed by atoms with van der Waals surface area (Å²) < 4.78 is 14.6. The minimum atomic E-state index is -1.09. The zero-order valence-corrected chi connectivity index (χ0v) is 15.8. The van der Waals surface area contributed by atoms with Crippen LogP contribution in [0.25, 0.3) is 11.0 Å². The minimum Gasteiger partial charge on any atom is -0.478 e. The van der Waals surface area contributed by atoms with E-state index in [4.69, 9.17) is 20.8 Å². The monoisotopic (exact) mass is 412 g/mol. The molecule has 8 heteroatoms. The fourth-order valence-corrected chi connectivity index (χ4v) is 3.36. The molecule has 4 aromatic rings. The van der Waals surface area contributed by atoms with Crippen molar-refractivity contribution in [3.05, 3.63) is 77.4 Å². The molecule has 2 heterocycles. The molecule has 2 aromatic carbocycles. The highest BCUT2D eigenvalue weighted by atomic mass is 35.5. The number of aromatic nitrogens is 1. The van der Waals surface area contributed by atoms with Gasteiger partial charge in [0.1, 0.15) is 22.6 Å². The zero-order chi connectivity index (χ0) is 19.5. The van der Waals surface area contributed by atoms with Gasteiger partial charge in [-0.05, 0) is 24.3 Å². The molecule has 0 saturated carbocycles. The Morgan fingerprint density at radius 2 is 1.93 bits per heavy atom. The Balaban J connectivity index is 1.59. The number of nitrogens with zero attached hydrogens (tertiary/aromatic N) is 1. The molecule has 0 amide bonds. The van der Waals surface area contributed by atoms with E-state index in [0.29, 0.717) is 15.8 Å². The van der Waals surface area contributed by atoms with E-state index < -0.39 is 5.97 Å². The lowest BCUT2D eigenvalue weighted by Crippen LogP contribution is -2.01. The van der Waals surface area contributed by atoms with Crippen molar-refractivity contribution in [2.24, 2.45) is 0 Å². The predicted octanol–water partition coefficient (Wildman–Crippen LogP) is 6.09. The standard InChI is InChI=1S/C20H13ClN2O4S/c21-13-10-15(23-28-18-9-12-5-1-3-7-16(12)26-18)19(22-11-13)27-17-8-4-2-6-14(17)20(24)25/h1-11,23H,(H,24,25). The van der Waals surface area contributed by atoms with Crippen LogP contribution in [-0.4, -0.2) is 16.1 Å². The van der Waals surface area contributed by atoms with Gasteiger partial charge in [0.25, 0.3) is 0 Å². The summed E-state index contributed by atoms with van der Waals surface area (Å²) >= 11 is 7.29. The number of ether oxygens (including phenoxy) is 1. The molecule has 0 aliphatic heterocycles. The first kappa shape index (κ1) is 18.2. The summed E-state index contributed by atoms with van der Waals surface area (Å²) in [5.41, 5.74) is 1.30. The molecule has 2 N–H and O–H groups in total. The van der Waals surface area contributed by atoms with Crippen LogP contribution in [0, 0.1) is 0 Å². The molecule has 140 valence electrons. The number of benzene rings is 2. The van der Waals surface area contributed by atoms with Crippen molar-refractivity contribution in [2.75, 3.05) is 4.72 Å². The van der Waals surface area contributed by atoms with E-state index in [1.165, 1.54) is 24.2 Å². The van der Waals surface area contributed by atoms with E-state index in [2.05, 4.69) is 9.71 Å². The number of furan rings is 1. The molecule has 0 spiro atoms. The molecular weight excluding hydrogens is 400 g/mol. The molecule has 6 nitrogen and oxygen atoms in total. The van der Waals surface area contributed by atoms with Crippen LogP contribution in [0.3, 0.4) is 0 Å². The number of halogens is 1. The Morgan fingerprint density at radius 1 is 1.14 bits per heavy atom. The molecule has 0 radical (unpaired) electrons. The Morgan fingerprint density at radius 3 is 2.75 bits per heavy atom. The van der Waals surface area contributed by atoms with Crippen molar-refractivity contribution in [3.63, 3.8) is 0 Å². The zero-order valence-electron chi connectivity index (χ0n) is 14.3. The molecule has 0 saturated heterocycles. The summed E-state index contributed by atoms with van der Waals surface area (Å²) in [4.78, 5) is 15.6.